The van der Waals surface area contributed by atoms with Gasteiger partial charge in [0.2, 0.25) is 0 Å². The molecule has 3 nitrogen and oxygen atoms in total. The van der Waals surface area contributed by atoms with Crippen molar-refractivity contribution in [3.8, 4) is 11.4 Å². The largest absolute Gasteiger partial charge is 0.261 e. The van der Waals surface area contributed by atoms with Crippen LogP contribution in [0.3, 0.4) is 0 Å². The summed E-state index contributed by atoms with van der Waals surface area (Å²) in [6, 6.07) is 4.10. The van der Waals surface area contributed by atoms with Gasteiger partial charge in [0, 0.05) is 23.0 Å². The van der Waals surface area contributed by atoms with E-state index in [-0.39, 0.29) is 0 Å². The minimum Gasteiger partial charge on any atom is -0.261 e. The molecule has 0 saturated heterocycles. The summed E-state index contributed by atoms with van der Waals surface area (Å²) in [5, 5.41) is 0.936. The molecule has 2 heterocycles. The number of unbranched alkanes of at least 4 members (excludes halogenated alkanes) is 11. The molecule has 0 N–H and O–H groups in total. The van der Waals surface area contributed by atoms with Crippen molar-refractivity contribution < 1.29 is 0 Å². The Hall–Kier alpha value is -1.19. The zero-order valence-corrected chi connectivity index (χ0v) is 20.9. The van der Waals surface area contributed by atoms with Crippen molar-refractivity contribution in [3.05, 3.63) is 39.9 Å². The summed E-state index contributed by atoms with van der Waals surface area (Å²) in [6.45, 7) is 4.49. The Bertz CT molecular complexity index is 724. The van der Waals surface area contributed by atoms with E-state index >= 15 is 0 Å². The Morgan fingerprint density at radius 2 is 1.16 bits per heavy atom. The number of aromatic nitrogens is 3. The summed E-state index contributed by atoms with van der Waals surface area (Å²) in [6.07, 6.45) is 20.3. The first-order chi connectivity index (χ1) is 15.2. The molecule has 2 rings (SSSR count). The normalized spacial score (nSPS) is 11.2. The number of hydrogen-bond donors (Lipinski definition) is 0. The molecule has 0 aliphatic heterocycles. The summed E-state index contributed by atoms with van der Waals surface area (Å²) >= 11 is 12.9. The predicted octanol–water partition coefficient (Wildman–Crippen LogP) is 9.04. The number of pyridine rings is 1. The van der Waals surface area contributed by atoms with E-state index in [0.717, 1.165) is 36.1 Å². The number of rotatable bonds is 16. The van der Waals surface area contributed by atoms with Crippen molar-refractivity contribution in [1.82, 2.24) is 15.0 Å². The topological polar surface area (TPSA) is 38.7 Å². The number of hydrogen-bond acceptors (Lipinski definition) is 3. The van der Waals surface area contributed by atoms with Crippen molar-refractivity contribution >= 4 is 23.2 Å². The van der Waals surface area contributed by atoms with Crippen LogP contribution in [0.5, 0.6) is 0 Å². The molecule has 0 fully saturated rings. The third-order valence-electron chi connectivity index (χ3n) is 5.81. The van der Waals surface area contributed by atoms with Gasteiger partial charge in [0.1, 0.15) is 10.3 Å². The maximum Gasteiger partial charge on any atom is 0.164 e. The molecule has 0 saturated carbocycles. The van der Waals surface area contributed by atoms with Gasteiger partial charge in [-0.25, -0.2) is 9.97 Å². The molecular weight excluding hydrogens is 425 g/mol. The van der Waals surface area contributed by atoms with E-state index in [9.17, 15) is 0 Å². The molecule has 31 heavy (non-hydrogen) atoms. The van der Waals surface area contributed by atoms with Crippen LogP contribution in [0.1, 0.15) is 109 Å². The Kier molecular flexibility index (Phi) is 13.1. The zero-order valence-electron chi connectivity index (χ0n) is 19.4. The maximum atomic E-state index is 6.45. The Balaban J connectivity index is 1.83. The quantitative estimate of drug-likeness (QED) is 0.184. The molecule has 5 heteroatoms. The van der Waals surface area contributed by atoms with Crippen molar-refractivity contribution in [1.29, 1.82) is 0 Å². The van der Waals surface area contributed by atoms with Gasteiger partial charge in [-0.2, -0.15) is 0 Å². The van der Waals surface area contributed by atoms with Crippen LogP contribution in [0.25, 0.3) is 11.4 Å². The van der Waals surface area contributed by atoms with E-state index in [1.54, 1.807) is 0 Å². The van der Waals surface area contributed by atoms with Gasteiger partial charge in [-0.3, -0.25) is 4.98 Å². The van der Waals surface area contributed by atoms with Crippen LogP contribution in [0.4, 0.5) is 0 Å². The molecule has 0 aromatic carbocycles. The highest BCUT2D eigenvalue weighted by molar-refractivity contribution is 6.34. The first-order valence-electron chi connectivity index (χ1n) is 12.3. The lowest BCUT2D eigenvalue weighted by atomic mass is 10.1. The summed E-state index contributed by atoms with van der Waals surface area (Å²) in [5.41, 5.74) is 2.85. The molecule has 0 amide bonds. The van der Waals surface area contributed by atoms with Crippen LogP contribution >= 0.6 is 23.2 Å². The lowest BCUT2D eigenvalue weighted by Gasteiger charge is -2.09. The Morgan fingerprint density at radius 3 is 1.68 bits per heavy atom. The van der Waals surface area contributed by atoms with Gasteiger partial charge < -0.3 is 0 Å². The number of halogens is 2. The van der Waals surface area contributed by atoms with Crippen molar-refractivity contribution in [3.63, 3.8) is 0 Å². The average molecular weight is 465 g/mol. The Labute approximate surface area is 199 Å². The lowest BCUT2D eigenvalue weighted by Crippen LogP contribution is -1.99. The lowest BCUT2D eigenvalue weighted by molar-refractivity contribution is 0.587. The van der Waals surface area contributed by atoms with E-state index in [1.165, 1.54) is 77.0 Å². The second-order valence-corrected chi connectivity index (χ2v) is 9.25. The van der Waals surface area contributed by atoms with Gasteiger partial charge in [-0.15, -0.1) is 0 Å². The summed E-state index contributed by atoms with van der Waals surface area (Å²) in [5.74, 6) is 0.552. The summed E-state index contributed by atoms with van der Waals surface area (Å²) < 4.78 is 0. The first kappa shape index (κ1) is 26.1. The van der Waals surface area contributed by atoms with Crippen molar-refractivity contribution in [2.24, 2.45) is 0 Å². The molecular formula is C26H39Cl2N3. The van der Waals surface area contributed by atoms with Gasteiger partial charge in [0.05, 0.1) is 0 Å². The molecule has 172 valence electrons. The number of aryl methyl sites for hydroxylation is 1. The minimum absolute atomic E-state index is 0.468. The van der Waals surface area contributed by atoms with Crippen LogP contribution in [-0.4, -0.2) is 15.0 Å². The molecule has 0 atom stereocenters. The van der Waals surface area contributed by atoms with Crippen LogP contribution in [-0.2, 0) is 12.8 Å². The highest BCUT2D eigenvalue weighted by Gasteiger charge is 2.13. The average Bonchev–Trinajstić information content (AvgIpc) is 2.77. The predicted molar refractivity (Wildman–Crippen MR) is 134 cm³/mol. The summed E-state index contributed by atoms with van der Waals surface area (Å²) in [4.78, 5) is 13.6. The van der Waals surface area contributed by atoms with E-state index in [0.29, 0.717) is 16.1 Å². The maximum absolute atomic E-state index is 6.45. The van der Waals surface area contributed by atoms with E-state index < -0.39 is 0 Å². The van der Waals surface area contributed by atoms with Gasteiger partial charge >= 0.3 is 0 Å². The van der Waals surface area contributed by atoms with Crippen LogP contribution in [0.15, 0.2) is 18.3 Å². The van der Waals surface area contributed by atoms with Crippen molar-refractivity contribution in [2.45, 2.75) is 110 Å². The molecule has 0 aliphatic carbocycles. The highest BCUT2D eigenvalue weighted by atomic mass is 35.5. The molecule has 0 spiro atoms. The molecule has 2 aromatic rings. The summed E-state index contributed by atoms with van der Waals surface area (Å²) in [7, 11) is 0. The molecule has 0 radical (unpaired) electrons. The third-order valence-corrected chi connectivity index (χ3v) is 6.43. The molecule has 0 aliphatic rings. The van der Waals surface area contributed by atoms with Crippen LogP contribution in [0, 0.1) is 0 Å². The van der Waals surface area contributed by atoms with Gasteiger partial charge in [-0.05, 0) is 37.8 Å². The fraction of sp³-hybridized carbons (Fsp3) is 0.654. The van der Waals surface area contributed by atoms with E-state index in [1.807, 2.05) is 12.3 Å². The molecule has 0 unspecified atom stereocenters. The zero-order chi connectivity index (χ0) is 22.3. The SMILES string of the molecule is CCCCCCCCCc1ccc(-c2nc(Cl)c(CCCCCCCC)c(Cl)n2)cn1. The monoisotopic (exact) mass is 463 g/mol. The fourth-order valence-electron chi connectivity index (χ4n) is 3.82. The molecule has 2 aromatic heterocycles. The number of nitrogens with zero attached hydrogens (tertiary/aromatic N) is 3. The van der Waals surface area contributed by atoms with Gasteiger partial charge in [0.15, 0.2) is 5.82 Å². The highest BCUT2D eigenvalue weighted by Crippen LogP contribution is 2.27. The minimum atomic E-state index is 0.468. The standard InChI is InChI=1S/C26H39Cl2N3/c1-3-5-7-9-11-12-14-16-22-19-18-21(20-29-22)26-30-24(27)23(25(28)31-26)17-15-13-10-8-6-4-2/h18-20H,3-17H2,1-2H3. The smallest absolute Gasteiger partial charge is 0.164 e. The second kappa shape index (κ2) is 15.6. The first-order valence-corrected chi connectivity index (χ1v) is 13.1. The van der Waals surface area contributed by atoms with Crippen LogP contribution in [0.2, 0.25) is 10.3 Å². The van der Waals surface area contributed by atoms with E-state index in [2.05, 4.69) is 34.9 Å². The van der Waals surface area contributed by atoms with Gasteiger partial charge in [-0.1, -0.05) is 108 Å². The van der Waals surface area contributed by atoms with Crippen LogP contribution < -0.4 is 0 Å². The second-order valence-electron chi connectivity index (χ2n) is 8.53. The molecule has 0 bridgehead atoms. The van der Waals surface area contributed by atoms with Crippen molar-refractivity contribution in [2.75, 3.05) is 0 Å². The Morgan fingerprint density at radius 1 is 0.645 bits per heavy atom. The fourth-order valence-corrected chi connectivity index (χ4v) is 4.39. The van der Waals surface area contributed by atoms with Gasteiger partial charge in [0.25, 0.3) is 0 Å². The van der Waals surface area contributed by atoms with E-state index in [4.69, 9.17) is 23.2 Å². The third kappa shape index (κ3) is 9.87.